The van der Waals surface area contributed by atoms with E-state index in [1.807, 2.05) is 0 Å². The van der Waals surface area contributed by atoms with Gasteiger partial charge in [0.2, 0.25) is 0 Å². The molecule has 1 heterocycles. The van der Waals surface area contributed by atoms with Gasteiger partial charge in [-0.2, -0.15) is 0 Å². The lowest BCUT2D eigenvalue weighted by Crippen LogP contribution is -2.33. The first-order valence-corrected chi connectivity index (χ1v) is 8.99. The average molecular weight is 322 g/mol. The highest BCUT2D eigenvalue weighted by molar-refractivity contribution is 5.78. The minimum Gasteiger partial charge on any atom is -0.355 e. The van der Waals surface area contributed by atoms with Crippen LogP contribution in [0.3, 0.4) is 0 Å². The third-order valence-electron chi connectivity index (χ3n) is 5.26. The molecule has 1 heteroatoms. The Balaban J connectivity index is 2.39. The van der Waals surface area contributed by atoms with Gasteiger partial charge in [0.1, 0.15) is 0 Å². The van der Waals surface area contributed by atoms with Gasteiger partial charge in [0.25, 0.3) is 0 Å². The number of rotatable bonds is 0. The van der Waals surface area contributed by atoms with Crippen LogP contribution in [0, 0.1) is 0 Å². The summed E-state index contributed by atoms with van der Waals surface area (Å²) in [6.45, 7) is 18.7. The van der Waals surface area contributed by atoms with Crippen LogP contribution in [0.4, 0.5) is 11.4 Å². The van der Waals surface area contributed by atoms with Crippen molar-refractivity contribution >= 4 is 11.4 Å². The van der Waals surface area contributed by atoms with E-state index < -0.39 is 0 Å². The van der Waals surface area contributed by atoms with E-state index in [0.29, 0.717) is 0 Å². The van der Waals surface area contributed by atoms with Crippen LogP contribution in [0.5, 0.6) is 0 Å². The SMILES string of the molecule is CC(C)(C)c1ccc2c(c1C(C)(C)C)C(C)(C)c1ccccc1N2. The summed E-state index contributed by atoms with van der Waals surface area (Å²) in [4.78, 5) is 0. The van der Waals surface area contributed by atoms with Gasteiger partial charge in [-0.3, -0.25) is 0 Å². The molecule has 0 aliphatic carbocycles. The van der Waals surface area contributed by atoms with Crippen LogP contribution < -0.4 is 5.32 Å². The van der Waals surface area contributed by atoms with E-state index in [1.165, 1.54) is 33.6 Å². The number of anilines is 2. The largest absolute Gasteiger partial charge is 0.355 e. The molecule has 0 saturated heterocycles. The molecule has 1 aliphatic rings. The number of benzene rings is 2. The summed E-state index contributed by atoms with van der Waals surface area (Å²) in [7, 11) is 0. The van der Waals surface area contributed by atoms with Gasteiger partial charge in [0.05, 0.1) is 0 Å². The number of hydrogen-bond donors (Lipinski definition) is 1. The smallest absolute Gasteiger partial charge is 0.0429 e. The van der Waals surface area contributed by atoms with E-state index >= 15 is 0 Å². The second-order valence-corrected chi connectivity index (χ2v) is 9.71. The molecule has 0 unspecified atom stereocenters. The zero-order valence-corrected chi connectivity index (χ0v) is 16.5. The minimum atomic E-state index is -0.0128. The van der Waals surface area contributed by atoms with Crippen LogP contribution in [-0.4, -0.2) is 0 Å². The van der Waals surface area contributed by atoms with Crippen molar-refractivity contribution in [1.82, 2.24) is 0 Å². The van der Waals surface area contributed by atoms with Crippen molar-refractivity contribution in [2.75, 3.05) is 5.32 Å². The molecule has 2 aromatic rings. The Bertz CT molecular complexity index is 783. The first-order valence-electron chi connectivity index (χ1n) is 8.99. The maximum Gasteiger partial charge on any atom is 0.0429 e. The summed E-state index contributed by atoms with van der Waals surface area (Å²) in [5.41, 5.74) is 8.51. The predicted octanol–water partition coefficient (Wildman–Crippen LogP) is 6.66. The first-order chi connectivity index (χ1) is 10.9. The molecule has 0 amide bonds. The average Bonchev–Trinajstić information content (AvgIpc) is 2.44. The third kappa shape index (κ3) is 2.55. The molecule has 0 fully saturated rings. The molecule has 0 saturated carbocycles. The molecule has 24 heavy (non-hydrogen) atoms. The van der Waals surface area contributed by atoms with Crippen molar-refractivity contribution in [2.24, 2.45) is 0 Å². The van der Waals surface area contributed by atoms with E-state index in [9.17, 15) is 0 Å². The van der Waals surface area contributed by atoms with Gasteiger partial charge in [0.15, 0.2) is 0 Å². The minimum absolute atomic E-state index is 0.0128. The Labute approximate surface area is 147 Å². The summed E-state index contributed by atoms with van der Waals surface area (Å²) in [5, 5.41) is 3.69. The van der Waals surface area contributed by atoms with Crippen molar-refractivity contribution in [3.8, 4) is 0 Å². The van der Waals surface area contributed by atoms with Crippen molar-refractivity contribution in [3.05, 3.63) is 58.7 Å². The number of hydrogen-bond acceptors (Lipinski definition) is 1. The second-order valence-electron chi connectivity index (χ2n) is 9.71. The van der Waals surface area contributed by atoms with Gasteiger partial charge >= 0.3 is 0 Å². The molecule has 0 spiro atoms. The van der Waals surface area contributed by atoms with Crippen molar-refractivity contribution in [1.29, 1.82) is 0 Å². The monoisotopic (exact) mass is 321 g/mol. The molecular weight excluding hydrogens is 290 g/mol. The van der Waals surface area contributed by atoms with Gasteiger partial charge in [0, 0.05) is 16.8 Å². The Hall–Kier alpha value is -1.76. The third-order valence-corrected chi connectivity index (χ3v) is 5.26. The Morgan fingerprint density at radius 3 is 1.96 bits per heavy atom. The highest BCUT2D eigenvalue weighted by atomic mass is 14.9. The van der Waals surface area contributed by atoms with E-state index in [4.69, 9.17) is 0 Å². The summed E-state index contributed by atoms with van der Waals surface area (Å²) >= 11 is 0. The fourth-order valence-corrected chi connectivity index (χ4v) is 4.18. The highest BCUT2D eigenvalue weighted by Gasteiger charge is 2.39. The molecule has 128 valence electrons. The van der Waals surface area contributed by atoms with Crippen LogP contribution in [-0.2, 0) is 16.2 Å². The standard InChI is InChI=1S/C23H31N/c1-21(2,3)16-13-14-18-20(19(16)22(4,5)6)23(7,8)15-11-9-10-12-17(15)24-18/h9-14,24H,1-8H3. The van der Waals surface area contributed by atoms with Crippen LogP contribution in [0.1, 0.15) is 77.6 Å². The van der Waals surface area contributed by atoms with Crippen LogP contribution in [0.15, 0.2) is 36.4 Å². The normalized spacial score (nSPS) is 16.2. The summed E-state index contributed by atoms with van der Waals surface area (Å²) in [6.07, 6.45) is 0. The van der Waals surface area contributed by atoms with Gasteiger partial charge in [-0.25, -0.2) is 0 Å². The molecule has 0 aromatic heterocycles. The van der Waals surface area contributed by atoms with E-state index in [1.54, 1.807) is 0 Å². The number of nitrogens with one attached hydrogen (secondary N) is 1. The van der Waals surface area contributed by atoms with Crippen molar-refractivity contribution < 1.29 is 0 Å². The molecule has 0 radical (unpaired) electrons. The predicted molar refractivity (Wildman–Crippen MR) is 106 cm³/mol. The number of para-hydroxylation sites is 1. The Morgan fingerprint density at radius 1 is 0.750 bits per heavy atom. The molecule has 1 N–H and O–H groups in total. The molecular formula is C23H31N. The topological polar surface area (TPSA) is 12.0 Å². The molecule has 3 rings (SSSR count). The Kier molecular flexibility index (Phi) is 3.64. The Morgan fingerprint density at radius 2 is 1.38 bits per heavy atom. The first kappa shape index (κ1) is 17.1. The lowest BCUT2D eigenvalue weighted by atomic mass is 9.64. The van der Waals surface area contributed by atoms with E-state index in [2.05, 4.69) is 97.1 Å². The van der Waals surface area contributed by atoms with Gasteiger partial charge < -0.3 is 5.32 Å². The van der Waals surface area contributed by atoms with Gasteiger partial charge in [-0.1, -0.05) is 79.7 Å². The van der Waals surface area contributed by atoms with E-state index in [-0.39, 0.29) is 16.2 Å². The lowest BCUT2D eigenvalue weighted by Gasteiger charge is -2.42. The van der Waals surface area contributed by atoms with Crippen LogP contribution >= 0.6 is 0 Å². The van der Waals surface area contributed by atoms with Crippen LogP contribution in [0.2, 0.25) is 0 Å². The zero-order chi connectivity index (χ0) is 17.9. The molecule has 0 atom stereocenters. The fourth-order valence-electron chi connectivity index (χ4n) is 4.18. The molecule has 0 bridgehead atoms. The molecule has 1 nitrogen and oxygen atoms in total. The van der Waals surface area contributed by atoms with Gasteiger partial charge in [-0.05, 0) is 45.2 Å². The summed E-state index contributed by atoms with van der Waals surface area (Å²) in [6, 6.07) is 13.3. The molecule has 2 aromatic carbocycles. The number of fused-ring (bicyclic) bond motifs is 2. The van der Waals surface area contributed by atoms with E-state index in [0.717, 1.165) is 0 Å². The zero-order valence-electron chi connectivity index (χ0n) is 16.5. The summed E-state index contributed by atoms with van der Waals surface area (Å²) < 4.78 is 0. The maximum atomic E-state index is 3.69. The van der Waals surface area contributed by atoms with Gasteiger partial charge in [-0.15, -0.1) is 0 Å². The summed E-state index contributed by atoms with van der Waals surface area (Å²) in [5.74, 6) is 0. The fraction of sp³-hybridized carbons (Fsp3) is 0.478. The van der Waals surface area contributed by atoms with Crippen molar-refractivity contribution in [3.63, 3.8) is 0 Å². The maximum absolute atomic E-state index is 3.69. The second kappa shape index (κ2) is 5.12. The lowest BCUT2D eigenvalue weighted by molar-refractivity contribution is 0.507. The molecule has 1 aliphatic heterocycles. The highest BCUT2D eigenvalue weighted by Crippen LogP contribution is 2.51. The quantitative estimate of drug-likeness (QED) is 0.571. The van der Waals surface area contributed by atoms with Crippen molar-refractivity contribution in [2.45, 2.75) is 71.6 Å². The van der Waals surface area contributed by atoms with Crippen LogP contribution in [0.25, 0.3) is 0 Å².